The Labute approximate surface area is 133 Å². The van der Waals surface area contributed by atoms with Crippen LogP contribution in [0.4, 0.5) is 0 Å². The summed E-state index contributed by atoms with van der Waals surface area (Å²) < 4.78 is 26.4. The predicted molar refractivity (Wildman–Crippen MR) is 87.8 cm³/mol. The van der Waals surface area contributed by atoms with E-state index in [2.05, 4.69) is 0 Å². The van der Waals surface area contributed by atoms with Crippen molar-refractivity contribution >= 4 is 21.6 Å². The minimum Gasteiger partial charge on any atom is -0.212 e. The van der Waals surface area contributed by atoms with Gasteiger partial charge in [0.2, 0.25) is 10.0 Å². The van der Waals surface area contributed by atoms with Crippen molar-refractivity contribution < 1.29 is 8.42 Å². The fraction of sp³-hybridized carbons (Fsp3) is 0.625. The second kappa shape index (κ2) is 7.61. The maximum Gasteiger partial charge on any atom is 0.218 e. The van der Waals surface area contributed by atoms with Crippen LogP contribution in [0.5, 0.6) is 0 Å². The Balaban J connectivity index is 1.95. The molecule has 1 aromatic carbocycles. The highest BCUT2D eigenvalue weighted by Crippen LogP contribution is 2.25. The van der Waals surface area contributed by atoms with Crippen LogP contribution in [0.3, 0.4) is 0 Å². The Kier molecular flexibility index (Phi) is 6.08. The third-order valence-electron chi connectivity index (χ3n) is 4.24. The highest BCUT2D eigenvalue weighted by molar-refractivity contribution is 7.88. The van der Waals surface area contributed by atoms with E-state index >= 15 is 0 Å². The van der Waals surface area contributed by atoms with Crippen LogP contribution in [-0.4, -0.2) is 26.3 Å². The first kappa shape index (κ1) is 16.8. The molecule has 0 radical (unpaired) electrons. The molecule has 1 aromatic rings. The molecule has 1 aliphatic carbocycles. The third-order valence-corrected chi connectivity index (χ3v) is 6.35. The fourth-order valence-corrected chi connectivity index (χ4v) is 4.34. The van der Waals surface area contributed by atoms with Crippen molar-refractivity contribution in [2.45, 2.75) is 43.7 Å². The van der Waals surface area contributed by atoms with Crippen LogP contribution < -0.4 is 0 Å². The molecule has 2 rings (SSSR count). The minimum absolute atomic E-state index is 0.0682. The molecule has 0 atom stereocenters. The molecule has 1 saturated carbocycles. The Bertz CT molecular complexity index is 536. The second-order valence-corrected chi connectivity index (χ2v) is 8.33. The van der Waals surface area contributed by atoms with Crippen LogP contribution in [0, 0.1) is 5.92 Å². The van der Waals surface area contributed by atoms with E-state index in [0.29, 0.717) is 18.3 Å². The molecule has 0 N–H and O–H groups in total. The van der Waals surface area contributed by atoms with Gasteiger partial charge in [-0.3, -0.25) is 0 Å². The van der Waals surface area contributed by atoms with Gasteiger partial charge in [-0.25, -0.2) is 12.7 Å². The summed E-state index contributed by atoms with van der Waals surface area (Å²) in [6.07, 6.45) is 6.07. The van der Waals surface area contributed by atoms with E-state index in [-0.39, 0.29) is 5.75 Å². The van der Waals surface area contributed by atoms with Gasteiger partial charge < -0.3 is 0 Å². The van der Waals surface area contributed by atoms with Gasteiger partial charge in [0.15, 0.2) is 0 Å². The van der Waals surface area contributed by atoms with Crippen molar-refractivity contribution in [1.29, 1.82) is 0 Å². The van der Waals surface area contributed by atoms with Crippen LogP contribution in [-0.2, 0) is 21.7 Å². The summed E-state index contributed by atoms with van der Waals surface area (Å²) in [4.78, 5) is 0. The van der Waals surface area contributed by atoms with Crippen molar-refractivity contribution in [2.24, 2.45) is 5.92 Å². The first-order valence-electron chi connectivity index (χ1n) is 7.59. The summed E-state index contributed by atoms with van der Waals surface area (Å²) in [6.45, 7) is 0.655. The SMILES string of the molecule is CN(CC1CCCCC1)S(=O)(=O)Cc1ccc(CCl)cc1. The lowest BCUT2D eigenvalue weighted by molar-refractivity contribution is 0.300. The zero-order valence-electron chi connectivity index (χ0n) is 12.6. The topological polar surface area (TPSA) is 37.4 Å². The van der Waals surface area contributed by atoms with Gasteiger partial charge in [0.25, 0.3) is 0 Å². The van der Waals surface area contributed by atoms with Crippen LogP contribution in [0.1, 0.15) is 43.2 Å². The fourth-order valence-electron chi connectivity index (χ4n) is 2.89. The molecular formula is C16H24ClNO2S. The van der Waals surface area contributed by atoms with Gasteiger partial charge >= 0.3 is 0 Å². The molecule has 21 heavy (non-hydrogen) atoms. The standard InChI is InChI=1S/C16H24ClNO2S/c1-18(12-15-5-3-2-4-6-15)21(19,20)13-16-9-7-14(11-17)8-10-16/h7-10,15H,2-6,11-13H2,1H3. The first-order chi connectivity index (χ1) is 10.0. The smallest absolute Gasteiger partial charge is 0.212 e. The number of rotatable bonds is 6. The number of nitrogens with zero attached hydrogens (tertiary/aromatic N) is 1. The predicted octanol–water partition coefficient (Wildman–Crippen LogP) is 3.77. The molecule has 0 aliphatic heterocycles. The number of hydrogen-bond acceptors (Lipinski definition) is 2. The van der Waals surface area contributed by atoms with Crippen molar-refractivity contribution in [3.8, 4) is 0 Å². The van der Waals surface area contributed by atoms with Crippen molar-refractivity contribution in [3.63, 3.8) is 0 Å². The summed E-state index contributed by atoms with van der Waals surface area (Å²) in [5.74, 6) is 1.05. The van der Waals surface area contributed by atoms with E-state index in [1.807, 2.05) is 24.3 Å². The number of sulfonamides is 1. The van der Waals surface area contributed by atoms with Crippen molar-refractivity contribution in [3.05, 3.63) is 35.4 Å². The van der Waals surface area contributed by atoms with E-state index in [1.165, 1.54) is 19.3 Å². The molecule has 118 valence electrons. The number of halogens is 1. The summed E-state index contributed by atoms with van der Waals surface area (Å²) in [6, 6.07) is 7.48. The van der Waals surface area contributed by atoms with Crippen LogP contribution in [0.25, 0.3) is 0 Å². The zero-order chi connectivity index (χ0) is 15.3. The maximum absolute atomic E-state index is 12.4. The monoisotopic (exact) mass is 329 g/mol. The Morgan fingerprint density at radius 3 is 2.24 bits per heavy atom. The molecule has 5 heteroatoms. The first-order valence-corrected chi connectivity index (χ1v) is 9.73. The molecule has 0 heterocycles. The molecule has 1 fully saturated rings. The number of alkyl halides is 1. The molecule has 0 bridgehead atoms. The molecule has 0 amide bonds. The van der Waals surface area contributed by atoms with E-state index in [9.17, 15) is 8.42 Å². The van der Waals surface area contributed by atoms with Gasteiger partial charge in [0, 0.05) is 19.5 Å². The van der Waals surface area contributed by atoms with Gasteiger partial charge in [-0.1, -0.05) is 43.5 Å². The van der Waals surface area contributed by atoms with Crippen molar-refractivity contribution in [1.82, 2.24) is 4.31 Å². The normalized spacial score (nSPS) is 17.3. The average Bonchev–Trinajstić information content (AvgIpc) is 2.48. The number of benzene rings is 1. The van der Waals surface area contributed by atoms with Crippen LogP contribution >= 0.6 is 11.6 Å². The average molecular weight is 330 g/mol. The largest absolute Gasteiger partial charge is 0.218 e. The molecule has 3 nitrogen and oxygen atoms in total. The van der Waals surface area contributed by atoms with Gasteiger partial charge in [0.1, 0.15) is 0 Å². The second-order valence-electron chi connectivity index (χ2n) is 5.99. The summed E-state index contributed by atoms with van der Waals surface area (Å²) in [7, 11) is -1.53. The lowest BCUT2D eigenvalue weighted by atomic mass is 9.89. The van der Waals surface area contributed by atoms with Crippen molar-refractivity contribution in [2.75, 3.05) is 13.6 Å². The number of hydrogen-bond donors (Lipinski definition) is 0. The Morgan fingerprint density at radius 2 is 1.67 bits per heavy atom. The molecule has 0 unspecified atom stereocenters. The summed E-state index contributed by atoms with van der Waals surface area (Å²) in [5.41, 5.74) is 1.83. The highest BCUT2D eigenvalue weighted by atomic mass is 35.5. The molecule has 1 aliphatic rings. The summed E-state index contributed by atoms with van der Waals surface area (Å²) >= 11 is 5.74. The quantitative estimate of drug-likeness (QED) is 0.745. The zero-order valence-corrected chi connectivity index (χ0v) is 14.2. The van der Waals surface area contributed by atoms with E-state index in [1.54, 1.807) is 11.4 Å². The van der Waals surface area contributed by atoms with E-state index in [4.69, 9.17) is 11.6 Å². The third kappa shape index (κ3) is 4.97. The van der Waals surface area contributed by atoms with Gasteiger partial charge in [0.05, 0.1) is 5.75 Å². The van der Waals surface area contributed by atoms with E-state index < -0.39 is 10.0 Å². The lowest BCUT2D eigenvalue weighted by Crippen LogP contribution is -2.33. The molecule has 0 spiro atoms. The van der Waals surface area contributed by atoms with Gasteiger partial charge in [-0.15, -0.1) is 11.6 Å². The molecule has 0 saturated heterocycles. The molecular weight excluding hydrogens is 306 g/mol. The van der Waals surface area contributed by atoms with Gasteiger partial charge in [-0.05, 0) is 29.9 Å². The highest BCUT2D eigenvalue weighted by Gasteiger charge is 2.23. The lowest BCUT2D eigenvalue weighted by Gasteiger charge is -2.26. The van der Waals surface area contributed by atoms with Crippen LogP contribution in [0.2, 0.25) is 0 Å². The summed E-state index contributed by atoms with van der Waals surface area (Å²) in [5, 5.41) is 0. The Morgan fingerprint density at radius 1 is 1.10 bits per heavy atom. The minimum atomic E-state index is -3.23. The Hall–Kier alpha value is -0.580. The van der Waals surface area contributed by atoms with Gasteiger partial charge in [-0.2, -0.15) is 0 Å². The maximum atomic E-state index is 12.4. The van der Waals surface area contributed by atoms with E-state index in [0.717, 1.165) is 24.0 Å². The molecule has 0 aromatic heterocycles. The van der Waals surface area contributed by atoms with Crippen LogP contribution in [0.15, 0.2) is 24.3 Å².